The first-order chi connectivity index (χ1) is 10.6. The zero-order chi connectivity index (χ0) is 15.5. The van der Waals surface area contributed by atoms with Gasteiger partial charge in [0.2, 0.25) is 0 Å². The molecule has 1 fully saturated rings. The Balaban J connectivity index is 1.60. The van der Waals surface area contributed by atoms with Crippen LogP contribution >= 0.6 is 11.6 Å². The molecule has 1 aromatic heterocycles. The lowest BCUT2D eigenvalue weighted by Gasteiger charge is -2.16. The van der Waals surface area contributed by atoms with E-state index in [2.05, 4.69) is 35.5 Å². The maximum Gasteiger partial charge on any atom is 0.0790 e. The van der Waals surface area contributed by atoms with Crippen LogP contribution in [0.4, 0.5) is 0 Å². The van der Waals surface area contributed by atoms with Gasteiger partial charge in [-0.05, 0) is 48.9 Å². The maximum absolute atomic E-state index is 9.84. The molecule has 0 aliphatic heterocycles. The van der Waals surface area contributed by atoms with Crippen molar-refractivity contribution in [3.63, 3.8) is 0 Å². The second-order valence-corrected chi connectivity index (χ2v) is 6.54. The first kappa shape index (κ1) is 15.5. The Kier molecular flexibility index (Phi) is 4.81. The van der Waals surface area contributed by atoms with Gasteiger partial charge in [-0.25, -0.2) is 4.68 Å². The molecule has 22 heavy (non-hydrogen) atoms. The summed E-state index contributed by atoms with van der Waals surface area (Å²) < 4.78 is 1.78. The Bertz CT molecular complexity index is 641. The van der Waals surface area contributed by atoms with E-state index in [4.69, 9.17) is 11.6 Å². The minimum absolute atomic E-state index is 0.125. The summed E-state index contributed by atoms with van der Waals surface area (Å²) in [5.74, 6) is 0.408. The van der Waals surface area contributed by atoms with E-state index >= 15 is 0 Å². The third kappa shape index (κ3) is 3.51. The summed E-state index contributed by atoms with van der Waals surface area (Å²) in [5, 5.41) is 18.2. The average Bonchev–Trinajstić information content (AvgIpc) is 3.10. The molecule has 3 rings (SSSR count). The Hall–Kier alpha value is -1.36. The number of nitrogens with one attached hydrogen (secondary N) is 1. The number of aliphatic hydroxyl groups excluding tert-OH is 1. The van der Waals surface area contributed by atoms with E-state index in [0.29, 0.717) is 10.9 Å². The van der Waals surface area contributed by atoms with Gasteiger partial charge in [0.15, 0.2) is 0 Å². The van der Waals surface area contributed by atoms with Gasteiger partial charge in [-0.1, -0.05) is 24.1 Å². The highest BCUT2D eigenvalue weighted by atomic mass is 35.5. The quantitative estimate of drug-likeness (QED) is 0.890. The van der Waals surface area contributed by atoms with E-state index in [9.17, 15) is 5.11 Å². The van der Waals surface area contributed by atoms with Gasteiger partial charge < -0.3 is 10.4 Å². The second kappa shape index (κ2) is 6.82. The minimum Gasteiger partial charge on any atom is -0.393 e. The maximum atomic E-state index is 9.84. The smallest absolute Gasteiger partial charge is 0.0790 e. The van der Waals surface area contributed by atoms with Crippen molar-refractivity contribution < 1.29 is 5.11 Å². The van der Waals surface area contributed by atoms with Crippen LogP contribution < -0.4 is 5.32 Å². The number of rotatable bonds is 5. The number of halogens is 1. The van der Waals surface area contributed by atoms with Crippen molar-refractivity contribution in [1.29, 1.82) is 0 Å². The van der Waals surface area contributed by atoms with Gasteiger partial charge in [-0.3, -0.25) is 0 Å². The summed E-state index contributed by atoms with van der Waals surface area (Å²) in [5.41, 5.74) is 3.51. The molecule has 0 amide bonds. The van der Waals surface area contributed by atoms with Gasteiger partial charge in [-0.15, -0.1) is 0 Å². The molecular weight excluding hydrogens is 298 g/mol. The second-order valence-electron chi connectivity index (χ2n) is 6.10. The van der Waals surface area contributed by atoms with E-state index in [1.807, 2.05) is 0 Å². The zero-order valence-electron chi connectivity index (χ0n) is 12.8. The van der Waals surface area contributed by atoms with Crippen LogP contribution in [0.25, 0.3) is 5.69 Å². The normalized spacial score (nSPS) is 21.4. The van der Waals surface area contributed by atoms with Crippen molar-refractivity contribution in [2.24, 2.45) is 5.92 Å². The predicted octanol–water partition coefficient (Wildman–Crippen LogP) is 3.08. The molecular formula is C17H22ClN3O. The SMILES string of the molecule is Cc1cc(-n2cc(Cl)cn2)ccc1CNC[C@@H]1CCC[C@H]1O. The highest BCUT2D eigenvalue weighted by Crippen LogP contribution is 2.25. The molecule has 118 valence electrons. The van der Waals surface area contributed by atoms with Crippen LogP contribution in [-0.4, -0.2) is 27.5 Å². The van der Waals surface area contributed by atoms with Crippen molar-refractivity contribution in [2.75, 3.05) is 6.54 Å². The molecule has 2 aromatic rings. The number of aliphatic hydroxyl groups is 1. The van der Waals surface area contributed by atoms with Crippen LogP contribution in [0.15, 0.2) is 30.6 Å². The fourth-order valence-electron chi connectivity index (χ4n) is 3.11. The third-order valence-electron chi connectivity index (χ3n) is 4.48. The number of aromatic nitrogens is 2. The molecule has 0 spiro atoms. The van der Waals surface area contributed by atoms with Gasteiger partial charge in [0.25, 0.3) is 0 Å². The summed E-state index contributed by atoms with van der Waals surface area (Å²) in [7, 11) is 0. The van der Waals surface area contributed by atoms with Crippen LogP contribution in [0.1, 0.15) is 30.4 Å². The van der Waals surface area contributed by atoms with Crippen molar-refractivity contribution in [3.05, 3.63) is 46.7 Å². The lowest BCUT2D eigenvalue weighted by Crippen LogP contribution is -2.27. The van der Waals surface area contributed by atoms with E-state index in [1.54, 1.807) is 17.1 Å². The van der Waals surface area contributed by atoms with Gasteiger partial charge >= 0.3 is 0 Å². The number of benzene rings is 1. The highest BCUT2D eigenvalue weighted by molar-refractivity contribution is 6.30. The number of hydrogen-bond acceptors (Lipinski definition) is 3. The summed E-state index contributed by atoms with van der Waals surface area (Å²) in [4.78, 5) is 0. The fraction of sp³-hybridized carbons (Fsp3) is 0.471. The molecule has 5 heteroatoms. The standard InChI is InChI=1S/C17H22ClN3O/c1-12-7-16(21-11-15(18)10-20-21)6-5-13(12)8-19-9-14-3-2-4-17(14)22/h5-7,10-11,14,17,19,22H,2-4,8-9H2,1H3/t14-,17+/m0/s1. The third-order valence-corrected chi connectivity index (χ3v) is 4.68. The Morgan fingerprint density at radius 3 is 2.91 bits per heavy atom. The Morgan fingerprint density at radius 1 is 1.41 bits per heavy atom. The summed E-state index contributed by atoms with van der Waals surface area (Å²) >= 11 is 5.91. The first-order valence-corrected chi connectivity index (χ1v) is 8.20. The first-order valence-electron chi connectivity index (χ1n) is 7.82. The molecule has 1 aromatic carbocycles. The summed E-state index contributed by atoms with van der Waals surface area (Å²) in [6.07, 6.45) is 6.54. The number of aryl methyl sites for hydroxylation is 1. The van der Waals surface area contributed by atoms with E-state index in [0.717, 1.165) is 38.0 Å². The Labute approximate surface area is 136 Å². The average molecular weight is 320 g/mol. The number of nitrogens with zero attached hydrogens (tertiary/aromatic N) is 2. The molecule has 2 N–H and O–H groups in total. The van der Waals surface area contributed by atoms with Gasteiger partial charge in [0, 0.05) is 19.3 Å². The molecule has 1 aliphatic rings. The van der Waals surface area contributed by atoms with Crippen molar-refractivity contribution >= 4 is 11.6 Å². The monoisotopic (exact) mass is 319 g/mol. The number of hydrogen-bond donors (Lipinski definition) is 2. The summed E-state index contributed by atoms with van der Waals surface area (Å²) in [6, 6.07) is 6.29. The lowest BCUT2D eigenvalue weighted by molar-refractivity contribution is 0.131. The molecule has 1 aliphatic carbocycles. The lowest BCUT2D eigenvalue weighted by atomic mass is 10.1. The minimum atomic E-state index is -0.125. The van der Waals surface area contributed by atoms with Crippen molar-refractivity contribution in [1.82, 2.24) is 15.1 Å². The van der Waals surface area contributed by atoms with Gasteiger partial charge in [0.05, 0.1) is 23.0 Å². The molecule has 0 unspecified atom stereocenters. The molecule has 4 nitrogen and oxygen atoms in total. The molecule has 1 saturated carbocycles. The molecule has 0 saturated heterocycles. The van der Waals surface area contributed by atoms with Crippen molar-refractivity contribution in [2.45, 2.75) is 38.8 Å². The van der Waals surface area contributed by atoms with Crippen LogP contribution in [0.3, 0.4) is 0 Å². The molecule has 0 radical (unpaired) electrons. The molecule has 1 heterocycles. The van der Waals surface area contributed by atoms with E-state index in [1.165, 1.54) is 11.1 Å². The topological polar surface area (TPSA) is 50.1 Å². The predicted molar refractivity (Wildman–Crippen MR) is 88.4 cm³/mol. The van der Waals surface area contributed by atoms with Gasteiger partial charge in [-0.2, -0.15) is 5.10 Å². The van der Waals surface area contributed by atoms with Crippen molar-refractivity contribution in [3.8, 4) is 5.69 Å². The van der Waals surface area contributed by atoms with Gasteiger partial charge in [0.1, 0.15) is 0 Å². The van der Waals surface area contributed by atoms with Crippen LogP contribution in [0.5, 0.6) is 0 Å². The Morgan fingerprint density at radius 2 is 2.27 bits per heavy atom. The zero-order valence-corrected chi connectivity index (χ0v) is 13.6. The molecule has 0 bridgehead atoms. The van der Waals surface area contributed by atoms with Crippen LogP contribution in [0, 0.1) is 12.8 Å². The van der Waals surface area contributed by atoms with E-state index in [-0.39, 0.29) is 6.10 Å². The summed E-state index contributed by atoms with van der Waals surface area (Å²) in [6.45, 7) is 3.82. The van der Waals surface area contributed by atoms with Crippen LogP contribution in [0.2, 0.25) is 5.02 Å². The largest absolute Gasteiger partial charge is 0.393 e. The van der Waals surface area contributed by atoms with Crippen LogP contribution in [-0.2, 0) is 6.54 Å². The molecule has 2 atom stereocenters. The van der Waals surface area contributed by atoms with E-state index < -0.39 is 0 Å². The fourth-order valence-corrected chi connectivity index (χ4v) is 3.25. The highest BCUT2D eigenvalue weighted by Gasteiger charge is 2.24.